The van der Waals surface area contributed by atoms with E-state index in [1.54, 1.807) is 0 Å². The summed E-state index contributed by atoms with van der Waals surface area (Å²) in [7, 11) is 0. The van der Waals surface area contributed by atoms with Gasteiger partial charge in [-0.3, -0.25) is 19.1 Å². The molecule has 1 aromatic carbocycles. The lowest BCUT2D eigenvalue weighted by atomic mass is 10.2. The monoisotopic (exact) mass is 380 g/mol. The second-order valence-corrected chi connectivity index (χ2v) is 6.87. The second-order valence-electron chi connectivity index (χ2n) is 6.87. The van der Waals surface area contributed by atoms with Crippen molar-refractivity contribution in [2.75, 3.05) is 13.2 Å². The predicted octanol–water partition coefficient (Wildman–Crippen LogP) is 1.54. The molecule has 0 radical (unpaired) electrons. The summed E-state index contributed by atoms with van der Waals surface area (Å²) in [5, 5.41) is 2.97. The van der Waals surface area contributed by atoms with Crippen LogP contribution >= 0.6 is 0 Å². The number of H-pyrrole nitrogens is 1. The molecule has 0 unspecified atom stereocenters. The van der Waals surface area contributed by atoms with E-state index in [2.05, 4.69) is 15.3 Å². The normalized spacial score (nSPS) is 13.5. The number of ether oxygens (including phenoxy) is 1. The van der Waals surface area contributed by atoms with Crippen molar-refractivity contribution >= 4 is 16.9 Å². The molecule has 1 aliphatic carbocycles. The number of carbonyl (C=O) groups excluding carboxylic acids is 1. The van der Waals surface area contributed by atoms with Crippen LogP contribution in [0.1, 0.15) is 34.8 Å². The van der Waals surface area contributed by atoms with Crippen LogP contribution in [-0.2, 0) is 0 Å². The maximum Gasteiger partial charge on any atom is 0.330 e. The SMILES string of the molecule is Cc1ccc(OCCNC(=O)c2cnc3c(c2)c(=O)[nH]c(=O)n3C2CC2)cc1. The first-order valence-corrected chi connectivity index (χ1v) is 9.15. The van der Waals surface area contributed by atoms with Gasteiger partial charge in [-0.2, -0.15) is 0 Å². The summed E-state index contributed by atoms with van der Waals surface area (Å²) in [6, 6.07) is 9.18. The molecule has 0 bridgehead atoms. The summed E-state index contributed by atoms with van der Waals surface area (Å²) in [6.45, 7) is 2.62. The molecule has 144 valence electrons. The van der Waals surface area contributed by atoms with Gasteiger partial charge in [0.1, 0.15) is 18.0 Å². The van der Waals surface area contributed by atoms with Crippen molar-refractivity contribution < 1.29 is 9.53 Å². The lowest BCUT2D eigenvalue weighted by Crippen LogP contribution is -2.31. The van der Waals surface area contributed by atoms with E-state index in [0.717, 1.165) is 24.2 Å². The number of aryl methyl sites for hydroxylation is 1. The van der Waals surface area contributed by atoms with Crippen LogP contribution in [0.15, 0.2) is 46.1 Å². The Kier molecular flexibility index (Phi) is 4.68. The Morgan fingerprint density at radius 1 is 1.29 bits per heavy atom. The lowest BCUT2D eigenvalue weighted by molar-refractivity contribution is 0.0947. The van der Waals surface area contributed by atoms with Gasteiger partial charge in [0, 0.05) is 12.2 Å². The second kappa shape index (κ2) is 7.30. The van der Waals surface area contributed by atoms with Crippen LogP contribution in [-0.4, -0.2) is 33.6 Å². The van der Waals surface area contributed by atoms with Crippen LogP contribution in [0.3, 0.4) is 0 Å². The number of rotatable bonds is 6. The third kappa shape index (κ3) is 3.66. The predicted molar refractivity (Wildman–Crippen MR) is 104 cm³/mol. The standard InChI is InChI=1S/C20H20N4O4/c1-12-2-6-15(7-3-12)28-9-8-21-18(25)13-10-16-17(22-11-13)24(14-4-5-14)20(27)23-19(16)26/h2-3,6-7,10-11,14H,4-5,8-9H2,1H3,(H,21,25)(H,23,26,27). The molecule has 0 atom stereocenters. The Hall–Kier alpha value is -3.42. The van der Waals surface area contributed by atoms with Gasteiger partial charge in [0.15, 0.2) is 0 Å². The van der Waals surface area contributed by atoms with Crippen LogP contribution in [0.25, 0.3) is 11.0 Å². The minimum absolute atomic E-state index is 0.0675. The number of fused-ring (bicyclic) bond motifs is 1. The summed E-state index contributed by atoms with van der Waals surface area (Å²) in [6.07, 6.45) is 3.15. The molecular formula is C20H20N4O4. The molecule has 3 aromatic rings. The van der Waals surface area contributed by atoms with Gasteiger partial charge in [-0.15, -0.1) is 0 Å². The van der Waals surface area contributed by atoms with Gasteiger partial charge in [-0.25, -0.2) is 9.78 Å². The van der Waals surface area contributed by atoms with E-state index < -0.39 is 11.2 Å². The smallest absolute Gasteiger partial charge is 0.330 e. The zero-order valence-electron chi connectivity index (χ0n) is 15.4. The Labute approximate surface area is 160 Å². The third-order valence-corrected chi connectivity index (χ3v) is 4.63. The van der Waals surface area contributed by atoms with E-state index in [1.165, 1.54) is 16.8 Å². The fraction of sp³-hybridized carbons (Fsp3) is 0.300. The summed E-state index contributed by atoms with van der Waals surface area (Å²) < 4.78 is 7.07. The van der Waals surface area contributed by atoms with Gasteiger partial charge in [0.2, 0.25) is 0 Å². The molecule has 2 heterocycles. The number of pyridine rings is 1. The van der Waals surface area contributed by atoms with E-state index in [-0.39, 0.29) is 22.9 Å². The van der Waals surface area contributed by atoms with E-state index in [0.29, 0.717) is 18.8 Å². The van der Waals surface area contributed by atoms with Crippen molar-refractivity contribution in [2.24, 2.45) is 0 Å². The molecule has 1 amide bonds. The average molecular weight is 380 g/mol. The zero-order chi connectivity index (χ0) is 19.7. The molecule has 8 nitrogen and oxygen atoms in total. The average Bonchev–Trinajstić information content (AvgIpc) is 3.51. The maximum absolute atomic E-state index is 12.4. The van der Waals surface area contributed by atoms with Crippen molar-refractivity contribution in [3.05, 3.63) is 68.5 Å². The largest absolute Gasteiger partial charge is 0.492 e. The van der Waals surface area contributed by atoms with Gasteiger partial charge in [-0.05, 0) is 38.0 Å². The number of aromatic nitrogens is 3. The van der Waals surface area contributed by atoms with Crippen LogP contribution in [0, 0.1) is 6.92 Å². The zero-order valence-corrected chi connectivity index (χ0v) is 15.4. The lowest BCUT2D eigenvalue weighted by Gasteiger charge is -2.10. The number of hydrogen-bond acceptors (Lipinski definition) is 5. The maximum atomic E-state index is 12.4. The molecule has 28 heavy (non-hydrogen) atoms. The first-order chi connectivity index (χ1) is 13.5. The van der Waals surface area contributed by atoms with Crippen molar-refractivity contribution in [3.8, 4) is 5.75 Å². The molecule has 2 N–H and O–H groups in total. The number of nitrogens with one attached hydrogen (secondary N) is 2. The number of nitrogens with zero attached hydrogens (tertiary/aromatic N) is 2. The van der Waals surface area contributed by atoms with Gasteiger partial charge in [0.05, 0.1) is 17.5 Å². The summed E-state index contributed by atoms with van der Waals surface area (Å²) in [5.74, 6) is 0.377. The van der Waals surface area contributed by atoms with Crippen LogP contribution in [0.5, 0.6) is 5.75 Å². The Bertz CT molecular complexity index is 1140. The molecular weight excluding hydrogens is 360 g/mol. The molecule has 0 aliphatic heterocycles. The molecule has 1 saturated carbocycles. The summed E-state index contributed by atoms with van der Waals surface area (Å²) >= 11 is 0. The van der Waals surface area contributed by atoms with Gasteiger partial charge in [0.25, 0.3) is 11.5 Å². The first kappa shape index (κ1) is 18.0. The summed E-state index contributed by atoms with van der Waals surface area (Å²) in [5.41, 5.74) is 0.719. The fourth-order valence-electron chi connectivity index (χ4n) is 3.00. The van der Waals surface area contributed by atoms with Crippen molar-refractivity contribution in [1.29, 1.82) is 0 Å². The topological polar surface area (TPSA) is 106 Å². The highest BCUT2D eigenvalue weighted by Crippen LogP contribution is 2.34. The number of benzene rings is 1. The van der Waals surface area contributed by atoms with Gasteiger partial charge < -0.3 is 10.1 Å². The molecule has 1 aliphatic rings. The Balaban J connectivity index is 1.45. The molecule has 1 fully saturated rings. The van der Waals surface area contributed by atoms with E-state index in [4.69, 9.17) is 4.74 Å². The van der Waals surface area contributed by atoms with E-state index in [1.807, 2.05) is 31.2 Å². The quantitative estimate of drug-likeness (QED) is 0.631. The van der Waals surface area contributed by atoms with Gasteiger partial charge in [-0.1, -0.05) is 17.7 Å². The first-order valence-electron chi connectivity index (χ1n) is 9.15. The number of amides is 1. The fourth-order valence-corrected chi connectivity index (χ4v) is 3.00. The molecule has 0 saturated heterocycles. The van der Waals surface area contributed by atoms with E-state index >= 15 is 0 Å². The minimum Gasteiger partial charge on any atom is -0.492 e. The Morgan fingerprint density at radius 2 is 2.04 bits per heavy atom. The van der Waals surface area contributed by atoms with Crippen LogP contribution in [0.4, 0.5) is 0 Å². The molecule has 0 spiro atoms. The third-order valence-electron chi connectivity index (χ3n) is 4.63. The molecule has 8 heteroatoms. The molecule has 4 rings (SSSR count). The highest BCUT2D eigenvalue weighted by atomic mass is 16.5. The van der Waals surface area contributed by atoms with E-state index in [9.17, 15) is 14.4 Å². The highest BCUT2D eigenvalue weighted by Gasteiger charge is 2.27. The minimum atomic E-state index is -0.540. The number of carbonyl (C=O) groups is 1. The Morgan fingerprint density at radius 3 is 2.75 bits per heavy atom. The van der Waals surface area contributed by atoms with Crippen molar-refractivity contribution in [2.45, 2.75) is 25.8 Å². The number of hydrogen-bond donors (Lipinski definition) is 2. The number of aromatic amines is 1. The molecule has 2 aromatic heterocycles. The highest BCUT2D eigenvalue weighted by molar-refractivity contribution is 5.96. The van der Waals surface area contributed by atoms with Crippen LogP contribution < -0.4 is 21.3 Å². The van der Waals surface area contributed by atoms with Gasteiger partial charge >= 0.3 is 5.69 Å². The van der Waals surface area contributed by atoms with Crippen molar-refractivity contribution in [1.82, 2.24) is 19.9 Å². The summed E-state index contributed by atoms with van der Waals surface area (Å²) in [4.78, 5) is 43.1. The van der Waals surface area contributed by atoms with Crippen molar-refractivity contribution in [3.63, 3.8) is 0 Å². The van der Waals surface area contributed by atoms with Crippen LogP contribution in [0.2, 0.25) is 0 Å².